The molecule has 1 unspecified atom stereocenters. The highest BCUT2D eigenvalue weighted by molar-refractivity contribution is 6.30. The predicted octanol–water partition coefficient (Wildman–Crippen LogP) is 4.48. The highest BCUT2D eigenvalue weighted by Gasteiger charge is 2.06. The quantitative estimate of drug-likeness (QED) is 0.758. The molecular weight excluding hydrogens is 220 g/mol. The molecule has 2 rings (SSSR count). The van der Waals surface area contributed by atoms with E-state index in [9.17, 15) is 0 Å². The Bertz CT molecular complexity index is 436. The molecule has 0 amide bonds. The molecule has 0 aliphatic rings. The summed E-state index contributed by atoms with van der Waals surface area (Å²) < 4.78 is 5.80. The van der Waals surface area contributed by atoms with E-state index in [1.165, 1.54) is 0 Å². The smallest absolute Gasteiger partial charge is 0.121 e. The predicted molar refractivity (Wildman–Crippen MR) is 66.9 cm³/mol. The Morgan fingerprint density at radius 3 is 2.19 bits per heavy atom. The van der Waals surface area contributed by atoms with Gasteiger partial charge in [0.1, 0.15) is 11.9 Å². The fraction of sp³-hybridized carbons (Fsp3) is 0.143. The van der Waals surface area contributed by atoms with E-state index in [-0.39, 0.29) is 6.10 Å². The van der Waals surface area contributed by atoms with Gasteiger partial charge in [0, 0.05) is 5.02 Å². The van der Waals surface area contributed by atoms with Crippen molar-refractivity contribution in [1.82, 2.24) is 0 Å². The van der Waals surface area contributed by atoms with Crippen LogP contribution < -0.4 is 4.74 Å². The second-order valence-electron chi connectivity index (χ2n) is 3.62. The molecular formula is C14H13ClO. The lowest BCUT2D eigenvalue weighted by Crippen LogP contribution is -2.02. The minimum absolute atomic E-state index is 0.0275. The first-order valence-electron chi connectivity index (χ1n) is 5.23. The van der Waals surface area contributed by atoms with E-state index >= 15 is 0 Å². The zero-order valence-electron chi connectivity index (χ0n) is 9.06. The van der Waals surface area contributed by atoms with Gasteiger partial charge >= 0.3 is 0 Å². The van der Waals surface area contributed by atoms with Crippen LogP contribution in [0.3, 0.4) is 0 Å². The highest BCUT2D eigenvalue weighted by Crippen LogP contribution is 2.22. The summed E-state index contributed by atoms with van der Waals surface area (Å²) in [5.74, 6) is 0.880. The third kappa shape index (κ3) is 2.77. The standard InChI is InChI=1S/C14H13ClO/c1-11(12-7-9-13(15)10-8-12)16-14-5-3-2-4-6-14/h2-11H,1H3. The van der Waals surface area contributed by atoms with Crippen molar-refractivity contribution in [2.45, 2.75) is 13.0 Å². The minimum Gasteiger partial charge on any atom is -0.486 e. The molecule has 1 nitrogen and oxygen atoms in total. The van der Waals surface area contributed by atoms with E-state index in [1.54, 1.807) is 0 Å². The fourth-order valence-electron chi connectivity index (χ4n) is 1.51. The van der Waals surface area contributed by atoms with Gasteiger partial charge in [-0.15, -0.1) is 0 Å². The largest absolute Gasteiger partial charge is 0.486 e. The van der Waals surface area contributed by atoms with Gasteiger partial charge in [0.15, 0.2) is 0 Å². The van der Waals surface area contributed by atoms with E-state index in [1.807, 2.05) is 61.5 Å². The molecule has 0 saturated heterocycles. The fourth-order valence-corrected chi connectivity index (χ4v) is 1.63. The van der Waals surface area contributed by atoms with E-state index in [0.29, 0.717) is 0 Å². The molecule has 2 heteroatoms. The van der Waals surface area contributed by atoms with E-state index in [2.05, 4.69) is 0 Å². The maximum Gasteiger partial charge on any atom is 0.121 e. The Kier molecular flexibility index (Phi) is 3.47. The maximum atomic E-state index is 5.84. The van der Waals surface area contributed by atoms with Gasteiger partial charge in [-0.3, -0.25) is 0 Å². The van der Waals surface area contributed by atoms with Gasteiger partial charge in [0.2, 0.25) is 0 Å². The molecule has 2 aromatic carbocycles. The van der Waals surface area contributed by atoms with Crippen LogP contribution >= 0.6 is 11.6 Å². The molecule has 0 bridgehead atoms. The molecule has 0 saturated carbocycles. The third-order valence-corrected chi connectivity index (χ3v) is 2.65. The summed E-state index contributed by atoms with van der Waals surface area (Å²) >= 11 is 5.84. The molecule has 0 heterocycles. The van der Waals surface area contributed by atoms with Crippen LogP contribution in [-0.4, -0.2) is 0 Å². The lowest BCUT2D eigenvalue weighted by Gasteiger charge is -2.14. The Balaban J connectivity index is 2.09. The van der Waals surface area contributed by atoms with Gasteiger partial charge in [-0.25, -0.2) is 0 Å². The van der Waals surface area contributed by atoms with Crippen LogP contribution in [0.1, 0.15) is 18.6 Å². The molecule has 0 aromatic heterocycles. The van der Waals surface area contributed by atoms with E-state index in [0.717, 1.165) is 16.3 Å². The molecule has 1 atom stereocenters. The second kappa shape index (κ2) is 5.04. The van der Waals surface area contributed by atoms with Gasteiger partial charge in [-0.05, 0) is 36.8 Å². The number of rotatable bonds is 3. The van der Waals surface area contributed by atoms with E-state index in [4.69, 9.17) is 16.3 Å². The van der Waals surface area contributed by atoms with Gasteiger partial charge in [-0.2, -0.15) is 0 Å². The number of benzene rings is 2. The lowest BCUT2D eigenvalue weighted by molar-refractivity contribution is 0.227. The number of hydrogen-bond donors (Lipinski definition) is 0. The Hall–Kier alpha value is -1.47. The summed E-state index contributed by atoms with van der Waals surface area (Å²) in [6.07, 6.45) is 0.0275. The van der Waals surface area contributed by atoms with Crippen LogP contribution in [-0.2, 0) is 0 Å². The zero-order chi connectivity index (χ0) is 11.4. The average molecular weight is 233 g/mol. The molecule has 0 N–H and O–H groups in total. The van der Waals surface area contributed by atoms with Gasteiger partial charge in [0.25, 0.3) is 0 Å². The lowest BCUT2D eigenvalue weighted by atomic mass is 10.1. The summed E-state index contributed by atoms with van der Waals surface area (Å²) in [6.45, 7) is 2.02. The van der Waals surface area contributed by atoms with Crippen molar-refractivity contribution in [3.05, 3.63) is 65.2 Å². The minimum atomic E-state index is 0.0275. The molecule has 2 aromatic rings. The first kappa shape index (κ1) is 11.0. The van der Waals surface area contributed by atoms with Crippen molar-refractivity contribution in [1.29, 1.82) is 0 Å². The van der Waals surface area contributed by atoms with Gasteiger partial charge < -0.3 is 4.74 Å². The Morgan fingerprint density at radius 2 is 1.56 bits per heavy atom. The molecule has 0 aliphatic heterocycles. The van der Waals surface area contributed by atoms with Crippen molar-refractivity contribution in [3.8, 4) is 5.75 Å². The third-order valence-electron chi connectivity index (χ3n) is 2.40. The van der Waals surface area contributed by atoms with Crippen molar-refractivity contribution in [2.24, 2.45) is 0 Å². The van der Waals surface area contributed by atoms with Crippen molar-refractivity contribution in [3.63, 3.8) is 0 Å². The zero-order valence-corrected chi connectivity index (χ0v) is 9.82. The molecule has 16 heavy (non-hydrogen) atoms. The molecule has 0 aliphatic carbocycles. The summed E-state index contributed by atoms with van der Waals surface area (Å²) in [5, 5.41) is 0.746. The summed E-state index contributed by atoms with van der Waals surface area (Å²) in [5.41, 5.74) is 1.12. The Labute approximate surface area is 101 Å². The topological polar surface area (TPSA) is 9.23 Å². The number of hydrogen-bond acceptors (Lipinski definition) is 1. The molecule has 0 fully saturated rings. The van der Waals surface area contributed by atoms with Gasteiger partial charge in [0.05, 0.1) is 0 Å². The van der Waals surface area contributed by atoms with Crippen LogP contribution in [0.5, 0.6) is 5.75 Å². The Morgan fingerprint density at radius 1 is 0.938 bits per heavy atom. The summed E-state index contributed by atoms with van der Waals surface area (Å²) in [7, 11) is 0. The monoisotopic (exact) mass is 232 g/mol. The van der Waals surface area contributed by atoms with Gasteiger partial charge in [-0.1, -0.05) is 41.9 Å². The van der Waals surface area contributed by atoms with Crippen molar-refractivity contribution < 1.29 is 4.74 Å². The molecule has 0 radical (unpaired) electrons. The summed E-state index contributed by atoms with van der Waals surface area (Å²) in [4.78, 5) is 0. The highest BCUT2D eigenvalue weighted by atomic mass is 35.5. The van der Waals surface area contributed by atoms with Crippen molar-refractivity contribution >= 4 is 11.6 Å². The maximum absolute atomic E-state index is 5.84. The second-order valence-corrected chi connectivity index (χ2v) is 4.06. The normalized spacial score (nSPS) is 12.1. The SMILES string of the molecule is CC(Oc1ccccc1)c1ccc(Cl)cc1. The van der Waals surface area contributed by atoms with Crippen LogP contribution in [0.25, 0.3) is 0 Å². The number of para-hydroxylation sites is 1. The summed E-state index contributed by atoms with van der Waals surface area (Å²) in [6, 6.07) is 17.5. The van der Waals surface area contributed by atoms with E-state index < -0.39 is 0 Å². The first-order valence-corrected chi connectivity index (χ1v) is 5.60. The average Bonchev–Trinajstić information content (AvgIpc) is 2.31. The first-order chi connectivity index (χ1) is 7.75. The van der Waals surface area contributed by atoms with Crippen LogP contribution in [0.2, 0.25) is 5.02 Å². The molecule has 0 spiro atoms. The van der Waals surface area contributed by atoms with Crippen LogP contribution in [0.15, 0.2) is 54.6 Å². The van der Waals surface area contributed by atoms with Crippen LogP contribution in [0.4, 0.5) is 0 Å². The molecule has 82 valence electrons. The number of ether oxygens (including phenoxy) is 1. The van der Waals surface area contributed by atoms with Crippen molar-refractivity contribution in [2.75, 3.05) is 0 Å². The van der Waals surface area contributed by atoms with Crippen LogP contribution in [0, 0.1) is 0 Å². The number of halogens is 1.